The van der Waals surface area contributed by atoms with Crippen LogP contribution in [0.4, 0.5) is 4.39 Å². The lowest BCUT2D eigenvalue weighted by Gasteiger charge is -2.26. The highest BCUT2D eigenvalue weighted by Crippen LogP contribution is 2.38. The summed E-state index contributed by atoms with van der Waals surface area (Å²) in [6.45, 7) is 0.0985. The van der Waals surface area contributed by atoms with Gasteiger partial charge in [-0.05, 0) is 29.8 Å². The number of hydrogen-bond acceptors (Lipinski definition) is 6. The van der Waals surface area contributed by atoms with Crippen LogP contribution in [0.5, 0.6) is 0 Å². The van der Waals surface area contributed by atoms with Gasteiger partial charge in [-0.1, -0.05) is 12.1 Å². The van der Waals surface area contributed by atoms with Gasteiger partial charge < -0.3 is 24.3 Å². The van der Waals surface area contributed by atoms with Crippen LogP contribution < -0.4 is 0 Å². The third-order valence-electron chi connectivity index (χ3n) is 4.19. The maximum absolute atomic E-state index is 13.3. The Bertz CT molecular complexity index is 844. The molecule has 0 saturated carbocycles. The Labute approximate surface area is 154 Å². The SMILES string of the molecule is O=C(C1=C(O)C(=O)N(CCOCCO)[C@H]1c1ccc(F)cc1)c1ccco1. The van der Waals surface area contributed by atoms with E-state index in [-0.39, 0.29) is 37.7 Å². The van der Waals surface area contributed by atoms with E-state index in [0.717, 1.165) is 0 Å². The molecular formula is C19H18FNO6. The molecule has 1 aromatic heterocycles. The van der Waals surface area contributed by atoms with Crippen LogP contribution >= 0.6 is 0 Å². The lowest BCUT2D eigenvalue weighted by molar-refractivity contribution is -0.130. The number of ketones is 1. The lowest BCUT2D eigenvalue weighted by Crippen LogP contribution is -2.34. The molecule has 2 N–H and O–H groups in total. The molecule has 0 bridgehead atoms. The predicted octanol–water partition coefficient (Wildman–Crippen LogP) is 2.01. The number of amides is 1. The third kappa shape index (κ3) is 3.76. The van der Waals surface area contributed by atoms with Gasteiger partial charge in [0.25, 0.3) is 5.91 Å². The average molecular weight is 375 g/mol. The average Bonchev–Trinajstić information content (AvgIpc) is 3.28. The maximum Gasteiger partial charge on any atom is 0.290 e. The van der Waals surface area contributed by atoms with Crippen molar-refractivity contribution in [2.45, 2.75) is 6.04 Å². The Balaban J connectivity index is 1.96. The zero-order valence-electron chi connectivity index (χ0n) is 14.3. The van der Waals surface area contributed by atoms with Crippen molar-refractivity contribution >= 4 is 11.7 Å². The van der Waals surface area contributed by atoms with Gasteiger partial charge in [0, 0.05) is 6.54 Å². The number of rotatable bonds is 8. The van der Waals surface area contributed by atoms with Gasteiger partial charge in [-0.25, -0.2) is 4.39 Å². The molecule has 0 aliphatic carbocycles. The second-order valence-corrected chi connectivity index (χ2v) is 5.86. The van der Waals surface area contributed by atoms with Gasteiger partial charge >= 0.3 is 0 Å². The highest BCUT2D eigenvalue weighted by molar-refractivity contribution is 6.14. The summed E-state index contributed by atoms with van der Waals surface area (Å²) in [5, 5.41) is 19.1. The Morgan fingerprint density at radius 2 is 1.96 bits per heavy atom. The van der Waals surface area contributed by atoms with E-state index in [1.54, 1.807) is 0 Å². The van der Waals surface area contributed by atoms with Crippen molar-refractivity contribution in [1.82, 2.24) is 4.90 Å². The van der Waals surface area contributed by atoms with E-state index in [0.29, 0.717) is 5.56 Å². The minimum atomic E-state index is -0.909. The molecule has 0 radical (unpaired) electrons. The van der Waals surface area contributed by atoms with Crippen LogP contribution in [-0.2, 0) is 9.53 Å². The van der Waals surface area contributed by atoms with E-state index in [1.807, 2.05) is 0 Å². The van der Waals surface area contributed by atoms with Crippen LogP contribution in [0.3, 0.4) is 0 Å². The molecule has 1 aliphatic rings. The summed E-state index contributed by atoms with van der Waals surface area (Å²) in [6, 6.07) is 7.37. The maximum atomic E-state index is 13.3. The number of nitrogens with zero attached hydrogens (tertiary/aromatic N) is 1. The number of carbonyl (C=O) groups excluding carboxylic acids is 2. The largest absolute Gasteiger partial charge is 0.503 e. The summed E-state index contributed by atoms with van der Waals surface area (Å²) < 4.78 is 23.6. The zero-order valence-corrected chi connectivity index (χ0v) is 14.3. The number of aliphatic hydroxyl groups excluding tert-OH is 2. The highest BCUT2D eigenvalue weighted by Gasteiger charge is 2.44. The molecule has 1 amide bonds. The first-order valence-electron chi connectivity index (χ1n) is 8.31. The van der Waals surface area contributed by atoms with E-state index in [4.69, 9.17) is 14.3 Å². The molecule has 2 aromatic rings. The summed E-state index contributed by atoms with van der Waals surface area (Å²) in [6.07, 6.45) is 1.31. The summed E-state index contributed by atoms with van der Waals surface area (Å²) in [4.78, 5) is 26.6. The van der Waals surface area contributed by atoms with E-state index >= 15 is 0 Å². The first kappa shape index (κ1) is 18.8. The number of hydrogen-bond donors (Lipinski definition) is 2. The van der Waals surface area contributed by atoms with E-state index < -0.39 is 29.3 Å². The predicted molar refractivity (Wildman–Crippen MR) is 91.5 cm³/mol. The van der Waals surface area contributed by atoms with E-state index in [9.17, 15) is 19.1 Å². The van der Waals surface area contributed by atoms with Gasteiger partial charge in [-0.15, -0.1) is 0 Å². The van der Waals surface area contributed by atoms with E-state index in [1.165, 1.54) is 47.6 Å². The molecule has 1 aliphatic heterocycles. The summed E-state index contributed by atoms with van der Waals surface area (Å²) in [5.41, 5.74) is 0.328. The van der Waals surface area contributed by atoms with Crippen LogP contribution in [0.2, 0.25) is 0 Å². The number of carbonyl (C=O) groups is 2. The standard InChI is InChI=1S/C19H18FNO6/c20-13-5-3-12(4-6-13)16-15(17(23)14-2-1-9-27-14)18(24)19(25)21(16)7-10-26-11-8-22/h1-6,9,16,22,24H,7-8,10-11H2/t16-/m0/s1. The molecule has 2 heterocycles. The minimum Gasteiger partial charge on any atom is -0.503 e. The van der Waals surface area contributed by atoms with Crippen LogP contribution in [0.25, 0.3) is 0 Å². The third-order valence-corrected chi connectivity index (χ3v) is 4.19. The molecule has 7 nitrogen and oxygen atoms in total. The van der Waals surface area contributed by atoms with Crippen LogP contribution in [0.1, 0.15) is 22.2 Å². The Morgan fingerprint density at radius 1 is 1.22 bits per heavy atom. The molecule has 1 aromatic carbocycles. The van der Waals surface area contributed by atoms with Gasteiger partial charge in [-0.2, -0.15) is 0 Å². The lowest BCUT2D eigenvalue weighted by atomic mass is 9.95. The Kier molecular flexibility index (Phi) is 5.68. The molecule has 1 atom stereocenters. The van der Waals surface area contributed by atoms with Crippen molar-refractivity contribution in [3.05, 3.63) is 71.1 Å². The number of furan rings is 1. The monoisotopic (exact) mass is 375 g/mol. The van der Waals surface area contributed by atoms with Crippen molar-refractivity contribution in [2.75, 3.05) is 26.4 Å². The van der Waals surface area contributed by atoms with Crippen LogP contribution in [0, 0.1) is 5.82 Å². The van der Waals surface area contributed by atoms with Gasteiger partial charge in [-0.3, -0.25) is 9.59 Å². The molecule has 3 rings (SSSR count). The van der Waals surface area contributed by atoms with Crippen molar-refractivity contribution in [3.63, 3.8) is 0 Å². The Hall–Kier alpha value is -2.97. The van der Waals surface area contributed by atoms with Crippen molar-refractivity contribution in [2.24, 2.45) is 0 Å². The second-order valence-electron chi connectivity index (χ2n) is 5.86. The van der Waals surface area contributed by atoms with Gasteiger partial charge in [0.15, 0.2) is 11.5 Å². The fourth-order valence-corrected chi connectivity index (χ4v) is 2.98. The first-order chi connectivity index (χ1) is 13.0. The number of benzene rings is 1. The smallest absolute Gasteiger partial charge is 0.290 e. The van der Waals surface area contributed by atoms with Crippen molar-refractivity contribution < 1.29 is 33.3 Å². The molecular weight excluding hydrogens is 357 g/mol. The number of ether oxygens (including phenoxy) is 1. The number of aliphatic hydroxyl groups is 2. The summed E-state index contributed by atoms with van der Waals surface area (Å²) >= 11 is 0. The molecule has 0 saturated heterocycles. The van der Waals surface area contributed by atoms with Crippen LogP contribution in [-0.4, -0.2) is 53.2 Å². The van der Waals surface area contributed by atoms with Gasteiger partial charge in [0.05, 0.1) is 37.7 Å². The number of halogens is 1. The second kappa shape index (κ2) is 8.15. The fourth-order valence-electron chi connectivity index (χ4n) is 2.98. The van der Waals surface area contributed by atoms with Crippen LogP contribution in [0.15, 0.2) is 58.4 Å². The molecule has 27 heavy (non-hydrogen) atoms. The summed E-state index contributed by atoms with van der Waals surface area (Å²) in [5.74, 6) is -2.51. The topological polar surface area (TPSA) is 100 Å². The zero-order chi connectivity index (χ0) is 19.4. The highest BCUT2D eigenvalue weighted by atomic mass is 19.1. The summed E-state index contributed by atoms with van der Waals surface area (Å²) in [7, 11) is 0. The van der Waals surface area contributed by atoms with Gasteiger partial charge in [0.1, 0.15) is 5.82 Å². The molecule has 142 valence electrons. The quantitative estimate of drug-likeness (QED) is 0.541. The van der Waals surface area contributed by atoms with E-state index in [2.05, 4.69) is 0 Å². The molecule has 0 spiro atoms. The minimum absolute atomic E-state index is 0.0187. The van der Waals surface area contributed by atoms with Crippen molar-refractivity contribution in [1.29, 1.82) is 0 Å². The fraction of sp³-hybridized carbons (Fsp3) is 0.263. The number of Topliss-reactive ketones (excluding diaryl/α,β-unsaturated/α-hetero) is 1. The first-order valence-corrected chi connectivity index (χ1v) is 8.31. The normalized spacial score (nSPS) is 17.0. The molecule has 0 unspecified atom stereocenters. The Morgan fingerprint density at radius 3 is 2.59 bits per heavy atom. The molecule has 8 heteroatoms. The van der Waals surface area contributed by atoms with Gasteiger partial charge in [0.2, 0.25) is 5.78 Å². The molecule has 0 fully saturated rings. The van der Waals surface area contributed by atoms with Crippen molar-refractivity contribution in [3.8, 4) is 0 Å².